The van der Waals surface area contributed by atoms with E-state index in [1.807, 2.05) is 0 Å². The molecule has 4 N–H and O–H groups in total. The first-order valence-corrected chi connectivity index (χ1v) is 6.33. The molecule has 1 aliphatic carbocycles. The number of nitrogens with one attached hydrogen (secondary N) is 2. The summed E-state index contributed by atoms with van der Waals surface area (Å²) >= 11 is 0. The number of aliphatic hydroxyl groups excluding tert-OH is 1. The van der Waals surface area contributed by atoms with Gasteiger partial charge in [0.15, 0.2) is 6.04 Å². The fourth-order valence-corrected chi connectivity index (χ4v) is 2.64. The maximum Gasteiger partial charge on any atom is 0.328 e. The van der Waals surface area contributed by atoms with Crippen LogP contribution in [-0.2, 0) is 4.79 Å². The Kier molecular flexibility index (Phi) is 5.40. The van der Waals surface area contributed by atoms with Gasteiger partial charge in [-0.3, -0.25) is 0 Å². The molecule has 18 heavy (non-hydrogen) atoms. The van der Waals surface area contributed by atoms with Gasteiger partial charge in [0, 0.05) is 6.04 Å². The van der Waals surface area contributed by atoms with Gasteiger partial charge in [0.2, 0.25) is 0 Å². The monoisotopic (exact) mass is 258 g/mol. The molecule has 6 nitrogen and oxygen atoms in total. The highest BCUT2D eigenvalue weighted by Gasteiger charge is 2.26. The number of aliphatic hydroxyl groups is 1. The van der Waals surface area contributed by atoms with E-state index in [4.69, 9.17) is 10.2 Å². The lowest BCUT2D eigenvalue weighted by molar-refractivity contribution is -0.140. The number of carboxylic acid groups (broad SMARTS) is 1. The Balaban J connectivity index is 2.42. The maximum absolute atomic E-state index is 11.6. The summed E-state index contributed by atoms with van der Waals surface area (Å²) in [5.74, 6) is -0.114. The standard InChI is InChI=1S/C12H22N2O4/c1-7-3-8(2)5-9(4-7)13-12(18)14-10(6-15)11(16)17/h7-10,15H,3-6H2,1-2H3,(H,16,17)(H2,13,14,18). The third-order valence-corrected chi connectivity index (χ3v) is 3.30. The van der Waals surface area contributed by atoms with Crippen LogP contribution in [0.1, 0.15) is 33.1 Å². The third kappa shape index (κ3) is 4.52. The van der Waals surface area contributed by atoms with Gasteiger partial charge in [-0.1, -0.05) is 13.8 Å². The molecule has 2 amide bonds. The lowest BCUT2D eigenvalue weighted by atomic mass is 9.80. The van der Waals surface area contributed by atoms with Crippen LogP contribution in [-0.4, -0.2) is 40.9 Å². The molecule has 0 spiro atoms. The minimum Gasteiger partial charge on any atom is -0.480 e. The summed E-state index contributed by atoms with van der Waals surface area (Å²) in [4.78, 5) is 22.3. The molecular formula is C12H22N2O4. The van der Waals surface area contributed by atoms with Gasteiger partial charge in [-0.15, -0.1) is 0 Å². The van der Waals surface area contributed by atoms with Crippen molar-refractivity contribution >= 4 is 12.0 Å². The Labute approximate surface area is 107 Å². The zero-order valence-corrected chi connectivity index (χ0v) is 10.8. The first-order valence-electron chi connectivity index (χ1n) is 6.33. The number of rotatable bonds is 4. The van der Waals surface area contributed by atoms with Gasteiger partial charge in [-0.05, 0) is 31.1 Å². The van der Waals surface area contributed by atoms with E-state index in [9.17, 15) is 9.59 Å². The predicted octanol–water partition coefficient (Wildman–Crippen LogP) is 0.556. The van der Waals surface area contributed by atoms with Crippen molar-refractivity contribution in [2.24, 2.45) is 11.8 Å². The normalized spacial score (nSPS) is 29.4. The summed E-state index contributed by atoms with van der Waals surface area (Å²) in [6, 6.07) is -1.69. The van der Waals surface area contributed by atoms with Crippen molar-refractivity contribution in [2.45, 2.75) is 45.2 Å². The molecule has 0 aromatic heterocycles. The quantitative estimate of drug-likeness (QED) is 0.592. The van der Waals surface area contributed by atoms with Gasteiger partial charge in [0.05, 0.1) is 6.61 Å². The van der Waals surface area contributed by atoms with Crippen LogP contribution in [0, 0.1) is 11.8 Å². The molecule has 3 unspecified atom stereocenters. The fraction of sp³-hybridized carbons (Fsp3) is 0.833. The second-order valence-electron chi connectivity index (χ2n) is 5.31. The van der Waals surface area contributed by atoms with Gasteiger partial charge >= 0.3 is 12.0 Å². The summed E-state index contributed by atoms with van der Waals surface area (Å²) in [5.41, 5.74) is 0. The smallest absolute Gasteiger partial charge is 0.328 e. The number of carboxylic acids is 1. The molecule has 0 radical (unpaired) electrons. The number of hydrogen-bond donors (Lipinski definition) is 4. The Morgan fingerprint density at radius 3 is 2.22 bits per heavy atom. The van der Waals surface area contributed by atoms with Crippen LogP contribution in [0.3, 0.4) is 0 Å². The number of aliphatic carboxylic acids is 1. The molecule has 0 aromatic rings. The van der Waals surface area contributed by atoms with Crippen molar-refractivity contribution in [1.29, 1.82) is 0 Å². The minimum absolute atomic E-state index is 0.0805. The molecule has 1 saturated carbocycles. The second-order valence-corrected chi connectivity index (χ2v) is 5.31. The molecule has 0 aliphatic heterocycles. The van der Waals surface area contributed by atoms with Crippen LogP contribution < -0.4 is 10.6 Å². The molecular weight excluding hydrogens is 236 g/mol. The van der Waals surface area contributed by atoms with Gasteiger partial charge in [-0.2, -0.15) is 0 Å². The summed E-state index contributed by atoms with van der Waals surface area (Å²) in [6.07, 6.45) is 2.98. The molecule has 104 valence electrons. The molecule has 1 rings (SSSR count). The van der Waals surface area contributed by atoms with Crippen LogP contribution in [0.5, 0.6) is 0 Å². The first-order chi connectivity index (χ1) is 8.42. The van der Waals surface area contributed by atoms with Gasteiger partial charge in [0.25, 0.3) is 0 Å². The molecule has 6 heteroatoms. The fourth-order valence-electron chi connectivity index (χ4n) is 2.64. The Hall–Kier alpha value is -1.30. The van der Waals surface area contributed by atoms with Crippen LogP contribution in [0.25, 0.3) is 0 Å². The first kappa shape index (κ1) is 14.8. The number of carbonyl (C=O) groups excluding carboxylic acids is 1. The van der Waals surface area contributed by atoms with Crippen LogP contribution in [0.15, 0.2) is 0 Å². The van der Waals surface area contributed by atoms with E-state index in [0.29, 0.717) is 11.8 Å². The number of carbonyl (C=O) groups is 2. The highest BCUT2D eigenvalue weighted by Crippen LogP contribution is 2.28. The molecule has 1 aliphatic rings. The molecule has 0 saturated heterocycles. The van der Waals surface area contributed by atoms with Gasteiger partial charge in [0.1, 0.15) is 0 Å². The summed E-state index contributed by atoms with van der Waals surface area (Å²) < 4.78 is 0. The van der Waals surface area contributed by atoms with Crippen molar-refractivity contribution in [3.63, 3.8) is 0 Å². The SMILES string of the molecule is CC1CC(C)CC(NC(=O)NC(CO)C(=O)O)C1. The van der Waals surface area contributed by atoms with E-state index in [0.717, 1.165) is 19.3 Å². The Morgan fingerprint density at radius 1 is 1.22 bits per heavy atom. The highest BCUT2D eigenvalue weighted by molar-refractivity contribution is 5.82. The third-order valence-electron chi connectivity index (χ3n) is 3.30. The number of hydrogen-bond acceptors (Lipinski definition) is 3. The summed E-state index contributed by atoms with van der Waals surface area (Å²) in [6.45, 7) is 3.69. The lowest BCUT2D eigenvalue weighted by Gasteiger charge is -2.32. The van der Waals surface area contributed by atoms with E-state index in [1.165, 1.54) is 0 Å². The van der Waals surface area contributed by atoms with E-state index in [2.05, 4.69) is 24.5 Å². The van der Waals surface area contributed by atoms with Crippen molar-refractivity contribution in [2.75, 3.05) is 6.61 Å². The molecule has 3 atom stereocenters. The lowest BCUT2D eigenvalue weighted by Crippen LogP contribution is -2.51. The van der Waals surface area contributed by atoms with Crippen molar-refractivity contribution < 1.29 is 19.8 Å². The summed E-state index contributed by atoms with van der Waals surface area (Å²) in [5, 5.41) is 22.5. The molecule has 0 bridgehead atoms. The van der Waals surface area contributed by atoms with E-state index in [-0.39, 0.29) is 6.04 Å². The van der Waals surface area contributed by atoms with Crippen molar-refractivity contribution in [3.8, 4) is 0 Å². The van der Waals surface area contributed by atoms with Crippen molar-refractivity contribution in [3.05, 3.63) is 0 Å². The average molecular weight is 258 g/mol. The van der Waals surface area contributed by atoms with Crippen LogP contribution in [0.2, 0.25) is 0 Å². The highest BCUT2D eigenvalue weighted by atomic mass is 16.4. The number of urea groups is 1. The van der Waals surface area contributed by atoms with E-state index >= 15 is 0 Å². The van der Waals surface area contributed by atoms with E-state index in [1.54, 1.807) is 0 Å². The Morgan fingerprint density at radius 2 is 1.78 bits per heavy atom. The van der Waals surface area contributed by atoms with Crippen LogP contribution in [0.4, 0.5) is 4.79 Å². The zero-order valence-electron chi connectivity index (χ0n) is 10.8. The molecule has 1 fully saturated rings. The molecule has 0 heterocycles. The van der Waals surface area contributed by atoms with E-state index < -0.39 is 24.6 Å². The second kappa shape index (κ2) is 6.58. The Bertz CT molecular complexity index is 298. The van der Waals surface area contributed by atoms with Crippen molar-refractivity contribution in [1.82, 2.24) is 10.6 Å². The van der Waals surface area contributed by atoms with Gasteiger partial charge < -0.3 is 20.8 Å². The summed E-state index contributed by atoms with van der Waals surface area (Å²) in [7, 11) is 0. The maximum atomic E-state index is 11.6. The zero-order chi connectivity index (χ0) is 13.7. The predicted molar refractivity (Wildman–Crippen MR) is 66.1 cm³/mol. The average Bonchev–Trinajstić information content (AvgIpc) is 2.23. The topological polar surface area (TPSA) is 98.7 Å². The van der Waals surface area contributed by atoms with Crippen LogP contribution >= 0.6 is 0 Å². The minimum atomic E-state index is -1.25. The largest absolute Gasteiger partial charge is 0.480 e. The van der Waals surface area contributed by atoms with Gasteiger partial charge in [-0.25, -0.2) is 9.59 Å². The molecule has 0 aromatic carbocycles. The number of amides is 2.